The summed E-state index contributed by atoms with van der Waals surface area (Å²) in [5.41, 5.74) is 6.18. The van der Waals surface area contributed by atoms with Crippen LogP contribution in [0.4, 0.5) is 5.95 Å². The molecule has 24 heavy (non-hydrogen) atoms. The second-order valence-electron chi connectivity index (χ2n) is 6.57. The highest BCUT2D eigenvalue weighted by Gasteiger charge is 2.26. The molecule has 5 heteroatoms. The van der Waals surface area contributed by atoms with E-state index in [-0.39, 0.29) is 0 Å². The van der Waals surface area contributed by atoms with Crippen molar-refractivity contribution in [2.24, 2.45) is 0 Å². The second kappa shape index (κ2) is 5.44. The molecule has 0 saturated heterocycles. The zero-order valence-electron chi connectivity index (χ0n) is 13.5. The van der Waals surface area contributed by atoms with Crippen LogP contribution in [0.15, 0.2) is 42.7 Å². The van der Waals surface area contributed by atoms with Gasteiger partial charge in [-0.1, -0.05) is 18.2 Å². The van der Waals surface area contributed by atoms with Crippen molar-refractivity contribution in [3.05, 3.63) is 65.2 Å². The van der Waals surface area contributed by atoms with Gasteiger partial charge in [-0.25, -0.2) is 14.6 Å². The molecule has 0 bridgehead atoms. The van der Waals surface area contributed by atoms with E-state index in [9.17, 15) is 0 Å². The van der Waals surface area contributed by atoms with Gasteiger partial charge >= 0.3 is 0 Å². The van der Waals surface area contributed by atoms with E-state index in [2.05, 4.69) is 27.1 Å². The van der Waals surface area contributed by atoms with Gasteiger partial charge in [0.15, 0.2) is 0 Å². The Morgan fingerprint density at radius 3 is 2.67 bits per heavy atom. The summed E-state index contributed by atoms with van der Waals surface area (Å²) in [5.74, 6) is 0.853. The zero-order chi connectivity index (χ0) is 15.9. The number of para-hydroxylation sites is 1. The number of nitrogens with zero attached hydrogens (tertiary/aromatic N) is 5. The van der Waals surface area contributed by atoms with Gasteiger partial charge in [0.05, 0.1) is 24.1 Å². The quantitative estimate of drug-likeness (QED) is 0.729. The Kier molecular flexibility index (Phi) is 3.11. The summed E-state index contributed by atoms with van der Waals surface area (Å²) in [6.07, 6.45) is 8.72. The van der Waals surface area contributed by atoms with Gasteiger partial charge in [0.1, 0.15) is 0 Å². The van der Waals surface area contributed by atoms with E-state index in [1.807, 2.05) is 35.3 Å². The molecule has 0 radical (unpaired) electrons. The van der Waals surface area contributed by atoms with E-state index < -0.39 is 0 Å². The summed E-state index contributed by atoms with van der Waals surface area (Å²) >= 11 is 0. The molecule has 0 spiro atoms. The minimum absolute atomic E-state index is 0.809. The van der Waals surface area contributed by atoms with E-state index >= 15 is 0 Å². The summed E-state index contributed by atoms with van der Waals surface area (Å²) in [7, 11) is 0. The predicted molar refractivity (Wildman–Crippen MR) is 92.1 cm³/mol. The molecule has 120 valence electrons. The van der Waals surface area contributed by atoms with Gasteiger partial charge in [0.25, 0.3) is 0 Å². The van der Waals surface area contributed by atoms with Crippen LogP contribution in [-0.2, 0) is 25.9 Å². The Hall–Kier alpha value is -2.69. The summed E-state index contributed by atoms with van der Waals surface area (Å²) in [6, 6.07) is 10.3. The van der Waals surface area contributed by atoms with Gasteiger partial charge in [0.2, 0.25) is 5.95 Å². The first kappa shape index (κ1) is 13.7. The third-order valence-electron chi connectivity index (χ3n) is 4.99. The molecular weight excluding hydrogens is 298 g/mol. The van der Waals surface area contributed by atoms with E-state index in [0.717, 1.165) is 37.6 Å². The summed E-state index contributed by atoms with van der Waals surface area (Å²) in [4.78, 5) is 11.7. The fourth-order valence-corrected chi connectivity index (χ4v) is 3.70. The highest BCUT2D eigenvalue weighted by molar-refractivity contribution is 5.44. The topological polar surface area (TPSA) is 46.8 Å². The van der Waals surface area contributed by atoms with Gasteiger partial charge < -0.3 is 4.90 Å². The standard InChI is InChI=1S/C19H19N5/c1-2-7-16(8-3-1)24-18-13-23(12-15(18)11-21-24)19-20-10-14-6-4-5-9-17(14)22-19/h1-3,7-8,10-11H,4-6,9,12-13H2. The first-order valence-corrected chi connectivity index (χ1v) is 8.59. The Bertz CT molecular complexity index is 884. The fourth-order valence-electron chi connectivity index (χ4n) is 3.70. The number of hydrogen-bond donors (Lipinski definition) is 0. The van der Waals surface area contributed by atoms with Crippen molar-refractivity contribution in [1.82, 2.24) is 19.7 Å². The Morgan fingerprint density at radius 1 is 0.875 bits per heavy atom. The van der Waals surface area contributed by atoms with Crippen molar-refractivity contribution in [3.8, 4) is 5.69 Å². The van der Waals surface area contributed by atoms with E-state index in [4.69, 9.17) is 4.98 Å². The van der Waals surface area contributed by atoms with Gasteiger partial charge in [0, 0.05) is 24.0 Å². The molecule has 1 aliphatic carbocycles. The number of anilines is 1. The number of hydrogen-bond acceptors (Lipinski definition) is 4. The SMILES string of the molecule is c1ccc(-n2ncc3c2CN(c2ncc4c(n2)CCCC4)C3)cc1. The Labute approximate surface area is 141 Å². The van der Waals surface area contributed by atoms with Gasteiger partial charge in [-0.15, -0.1) is 0 Å². The maximum absolute atomic E-state index is 4.85. The van der Waals surface area contributed by atoms with Crippen molar-refractivity contribution >= 4 is 5.95 Å². The minimum atomic E-state index is 0.809. The summed E-state index contributed by atoms with van der Waals surface area (Å²) in [5, 5.41) is 4.56. The molecule has 1 aliphatic heterocycles. The van der Waals surface area contributed by atoms with Crippen LogP contribution in [0.1, 0.15) is 35.4 Å². The smallest absolute Gasteiger partial charge is 0.226 e. The molecule has 0 atom stereocenters. The normalized spacial score (nSPS) is 16.1. The van der Waals surface area contributed by atoms with Crippen molar-refractivity contribution in [2.75, 3.05) is 4.90 Å². The number of aryl methyl sites for hydroxylation is 2. The van der Waals surface area contributed by atoms with Crippen LogP contribution >= 0.6 is 0 Å². The molecule has 1 aromatic carbocycles. The minimum Gasteiger partial charge on any atom is -0.330 e. The third-order valence-corrected chi connectivity index (χ3v) is 4.99. The highest BCUT2D eigenvalue weighted by Crippen LogP contribution is 2.29. The first-order valence-electron chi connectivity index (χ1n) is 8.59. The number of fused-ring (bicyclic) bond motifs is 2. The molecule has 0 fully saturated rings. The van der Waals surface area contributed by atoms with Crippen LogP contribution in [0.25, 0.3) is 5.69 Å². The Morgan fingerprint density at radius 2 is 1.75 bits per heavy atom. The molecule has 2 aliphatic rings. The monoisotopic (exact) mass is 317 g/mol. The predicted octanol–water partition coefficient (Wildman–Crippen LogP) is 3.06. The van der Waals surface area contributed by atoms with Crippen molar-refractivity contribution in [3.63, 3.8) is 0 Å². The number of rotatable bonds is 2. The zero-order valence-corrected chi connectivity index (χ0v) is 13.5. The van der Waals surface area contributed by atoms with Crippen LogP contribution in [0.3, 0.4) is 0 Å². The fraction of sp³-hybridized carbons (Fsp3) is 0.316. The second-order valence-corrected chi connectivity index (χ2v) is 6.57. The molecule has 0 amide bonds. The first-order chi connectivity index (χ1) is 11.9. The molecule has 5 rings (SSSR count). The van der Waals surface area contributed by atoms with Crippen LogP contribution in [-0.4, -0.2) is 19.7 Å². The van der Waals surface area contributed by atoms with Gasteiger partial charge in [-0.3, -0.25) is 0 Å². The number of aromatic nitrogens is 4. The lowest BCUT2D eigenvalue weighted by molar-refractivity contribution is 0.656. The molecule has 0 N–H and O–H groups in total. The van der Waals surface area contributed by atoms with E-state index in [1.54, 1.807) is 0 Å². The molecule has 3 heterocycles. The van der Waals surface area contributed by atoms with Crippen molar-refractivity contribution < 1.29 is 0 Å². The molecule has 0 unspecified atom stereocenters. The van der Waals surface area contributed by atoms with Gasteiger partial charge in [-0.2, -0.15) is 5.10 Å². The number of benzene rings is 1. The van der Waals surface area contributed by atoms with Crippen molar-refractivity contribution in [1.29, 1.82) is 0 Å². The Balaban J connectivity index is 1.45. The average Bonchev–Trinajstić information content (AvgIpc) is 3.23. The lowest BCUT2D eigenvalue weighted by Gasteiger charge is -2.20. The van der Waals surface area contributed by atoms with Crippen LogP contribution in [0, 0.1) is 0 Å². The van der Waals surface area contributed by atoms with E-state index in [1.165, 1.54) is 35.4 Å². The molecule has 5 nitrogen and oxygen atoms in total. The molecule has 3 aromatic rings. The maximum atomic E-state index is 4.85. The van der Waals surface area contributed by atoms with Gasteiger partial charge in [-0.05, 0) is 43.4 Å². The molecular formula is C19H19N5. The van der Waals surface area contributed by atoms with E-state index in [0.29, 0.717) is 0 Å². The van der Waals surface area contributed by atoms with Crippen LogP contribution in [0.5, 0.6) is 0 Å². The summed E-state index contributed by atoms with van der Waals surface area (Å²) in [6.45, 7) is 1.64. The molecule has 0 saturated carbocycles. The van der Waals surface area contributed by atoms with Crippen LogP contribution in [0.2, 0.25) is 0 Å². The third kappa shape index (κ3) is 2.19. The highest BCUT2D eigenvalue weighted by atomic mass is 15.3. The van der Waals surface area contributed by atoms with Crippen LogP contribution < -0.4 is 4.90 Å². The van der Waals surface area contributed by atoms with Crippen molar-refractivity contribution in [2.45, 2.75) is 38.8 Å². The summed E-state index contributed by atoms with van der Waals surface area (Å²) < 4.78 is 2.04. The maximum Gasteiger partial charge on any atom is 0.226 e. The largest absolute Gasteiger partial charge is 0.330 e. The lowest BCUT2D eigenvalue weighted by atomic mass is 9.98. The molecule has 2 aromatic heterocycles. The lowest BCUT2D eigenvalue weighted by Crippen LogP contribution is -2.21. The average molecular weight is 317 g/mol.